The maximum atomic E-state index is 10.6. The normalized spacial score (nSPS) is 12.1. The molecule has 0 fully saturated rings. The summed E-state index contributed by atoms with van der Waals surface area (Å²) in [5.41, 5.74) is -0.0267. The van der Waals surface area contributed by atoms with Gasteiger partial charge in [0.05, 0.1) is 4.92 Å². The molecule has 0 aliphatic rings. The first-order chi connectivity index (χ1) is 6.54. The molecule has 0 aromatic carbocycles. The second-order valence-electron chi connectivity index (χ2n) is 2.96. The van der Waals surface area contributed by atoms with Gasteiger partial charge in [0.1, 0.15) is 6.20 Å². The van der Waals surface area contributed by atoms with Crippen LogP contribution in [-0.4, -0.2) is 20.7 Å². The zero-order valence-corrected chi connectivity index (χ0v) is 8.10. The number of hydrogen-bond donors (Lipinski definition) is 1. The van der Waals surface area contributed by atoms with Gasteiger partial charge in [-0.1, -0.05) is 6.08 Å². The third kappa shape index (κ3) is 2.09. The van der Waals surface area contributed by atoms with Crippen molar-refractivity contribution < 1.29 is 4.92 Å². The molecule has 1 aromatic heterocycles. The molecule has 1 N–H and O–H groups in total. The van der Waals surface area contributed by atoms with E-state index in [-0.39, 0.29) is 17.5 Å². The van der Waals surface area contributed by atoms with E-state index in [0.29, 0.717) is 0 Å². The molecule has 0 spiro atoms. The lowest BCUT2D eigenvalue weighted by molar-refractivity contribution is -0.384. The van der Waals surface area contributed by atoms with Crippen LogP contribution < -0.4 is 5.32 Å². The van der Waals surface area contributed by atoms with Gasteiger partial charge in [-0.2, -0.15) is 0 Å². The minimum atomic E-state index is -0.467. The first-order valence-corrected chi connectivity index (χ1v) is 4.11. The molecule has 1 atom stereocenters. The topological polar surface area (TPSA) is 73.0 Å². The summed E-state index contributed by atoms with van der Waals surface area (Å²) < 4.78 is 1.40. The zero-order chi connectivity index (χ0) is 10.7. The van der Waals surface area contributed by atoms with Gasteiger partial charge in [-0.25, -0.2) is 0 Å². The lowest BCUT2D eigenvalue weighted by Crippen LogP contribution is -2.12. The summed E-state index contributed by atoms with van der Waals surface area (Å²) in [6.07, 6.45) is 3.01. The van der Waals surface area contributed by atoms with E-state index in [2.05, 4.69) is 17.0 Å². The minimum absolute atomic E-state index is 0.0267. The summed E-state index contributed by atoms with van der Waals surface area (Å²) in [4.78, 5) is 10.1. The monoisotopic (exact) mass is 196 g/mol. The summed E-state index contributed by atoms with van der Waals surface area (Å²) in [6.45, 7) is 5.41. The number of rotatable bonds is 4. The van der Waals surface area contributed by atoms with Crippen LogP contribution >= 0.6 is 0 Å². The molecule has 0 amide bonds. The Labute approximate surface area is 81.4 Å². The molecule has 1 aromatic rings. The molecule has 1 unspecified atom stereocenters. The van der Waals surface area contributed by atoms with Gasteiger partial charge in [-0.05, 0) is 6.92 Å². The van der Waals surface area contributed by atoms with Crippen LogP contribution in [0, 0.1) is 10.1 Å². The summed E-state index contributed by atoms with van der Waals surface area (Å²) >= 11 is 0. The van der Waals surface area contributed by atoms with Crippen LogP contribution in [0.25, 0.3) is 0 Å². The predicted octanol–water partition coefficient (Wildman–Crippen LogP) is 1.31. The van der Waals surface area contributed by atoms with Crippen molar-refractivity contribution in [3.8, 4) is 0 Å². The number of nitrogens with zero attached hydrogens (tertiary/aromatic N) is 3. The number of anilines is 1. The van der Waals surface area contributed by atoms with Gasteiger partial charge in [0.15, 0.2) is 0 Å². The maximum Gasteiger partial charge on any atom is 0.330 e. The molecule has 6 heteroatoms. The molecule has 0 aliphatic carbocycles. The van der Waals surface area contributed by atoms with Crippen molar-refractivity contribution in [3.05, 3.63) is 29.0 Å². The lowest BCUT2D eigenvalue weighted by atomic mass is 10.3. The Morgan fingerprint density at radius 1 is 1.86 bits per heavy atom. The first-order valence-electron chi connectivity index (χ1n) is 4.11. The molecular weight excluding hydrogens is 184 g/mol. The Balaban J connectivity index is 2.95. The molecule has 14 heavy (non-hydrogen) atoms. The van der Waals surface area contributed by atoms with Crippen LogP contribution in [0.3, 0.4) is 0 Å². The fraction of sp³-hybridized carbons (Fsp3) is 0.375. The van der Waals surface area contributed by atoms with Crippen LogP contribution in [-0.2, 0) is 7.05 Å². The van der Waals surface area contributed by atoms with Crippen molar-refractivity contribution in [3.63, 3.8) is 0 Å². The van der Waals surface area contributed by atoms with Gasteiger partial charge in [0, 0.05) is 13.1 Å². The first kappa shape index (κ1) is 10.2. The fourth-order valence-corrected chi connectivity index (χ4v) is 0.987. The average molecular weight is 196 g/mol. The largest absolute Gasteiger partial charge is 0.357 e. The second-order valence-corrected chi connectivity index (χ2v) is 2.96. The highest BCUT2D eigenvalue weighted by molar-refractivity contribution is 5.55. The Morgan fingerprint density at radius 2 is 2.50 bits per heavy atom. The Bertz CT molecular complexity index is 358. The van der Waals surface area contributed by atoms with Crippen LogP contribution in [0.5, 0.6) is 0 Å². The molecule has 1 heterocycles. The second kappa shape index (κ2) is 3.91. The van der Waals surface area contributed by atoms with E-state index < -0.39 is 4.92 Å². The fourth-order valence-electron chi connectivity index (χ4n) is 0.987. The number of aromatic nitrogens is 2. The van der Waals surface area contributed by atoms with Gasteiger partial charge in [0.25, 0.3) is 0 Å². The van der Waals surface area contributed by atoms with Crippen LogP contribution in [0.2, 0.25) is 0 Å². The van der Waals surface area contributed by atoms with Crippen molar-refractivity contribution >= 4 is 11.5 Å². The maximum absolute atomic E-state index is 10.6. The molecule has 76 valence electrons. The lowest BCUT2D eigenvalue weighted by Gasteiger charge is -2.06. The highest BCUT2D eigenvalue weighted by Gasteiger charge is 2.18. The van der Waals surface area contributed by atoms with E-state index in [1.54, 1.807) is 13.1 Å². The molecule has 0 saturated carbocycles. The molecule has 0 radical (unpaired) electrons. The number of aryl methyl sites for hydroxylation is 1. The highest BCUT2D eigenvalue weighted by atomic mass is 16.6. The van der Waals surface area contributed by atoms with E-state index in [0.717, 1.165) is 0 Å². The van der Waals surface area contributed by atoms with E-state index in [1.807, 2.05) is 6.92 Å². The molecule has 0 aliphatic heterocycles. The summed E-state index contributed by atoms with van der Waals surface area (Å²) in [5.74, 6) is 0.268. The van der Waals surface area contributed by atoms with Crippen molar-refractivity contribution in [2.75, 3.05) is 5.32 Å². The van der Waals surface area contributed by atoms with E-state index in [1.165, 1.54) is 10.9 Å². The van der Waals surface area contributed by atoms with Crippen LogP contribution in [0.15, 0.2) is 18.9 Å². The van der Waals surface area contributed by atoms with Gasteiger partial charge >= 0.3 is 5.69 Å². The van der Waals surface area contributed by atoms with Gasteiger partial charge in [-0.15, -0.1) is 11.7 Å². The third-order valence-corrected chi connectivity index (χ3v) is 1.72. The number of nitrogens with one attached hydrogen (secondary N) is 1. The molecule has 0 bridgehead atoms. The standard InChI is InChI=1S/C8H12N4O2/c1-4-6(2)9-8-7(12(13)14)5-11(3)10-8/h4-6H,1H2,2-3H3,(H,9,10). The van der Waals surface area contributed by atoms with E-state index >= 15 is 0 Å². The number of hydrogen-bond acceptors (Lipinski definition) is 4. The van der Waals surface area contributed by atoms with Gasteiger partial charge in [-0.3, -0.25) is 14.8 Å². The molecule has 1 rings (SSSR count). The van der Waals surface area contributed by atoms with Gasteiger partial charge in [0.2, 0.25) is 5.82 Å². The SMILES string of the molecule is C=CC(C)Nc1nn(C)cc1[N+](=O)[O-]. The average Bonchev–Trinajstić information content (AvgIpc) is 2.46. The smallest absolute Gasteiger partial charge is 0.330 e. The van der Waals surface area contributed by atoms with Gasteiger partial charge < -0.3 is 5.32 Å². The Hall–Kier alpha value is -1.85. The van der Waals surface area contributed by atoms with Crippen molar-refractivity contribution in [2.24, 2.45) is 7.05 Å². The molecule has 0 saturated heterocycles. The molecular formula is C8H12N4O2. The quantitative estimate of drug-likeness (QED) is 0.447. The Morgan fingerprint density at radius 3 is 3.00 bits per heavy atom. The summed E-state index contributed by atoms with van der Waals surface area (Å²) in [7, 11) is 1.64. The zero-order valence-electron chi connectivity index (χ0n) is 8.10. The number of nitro groups is 1. The van der Waals surface area contributed by atoms with Crippen LogP contribution in [0.4, 0.5) is 11.5 Å². The summed E-state index contributed by atoms with van der Waals surface area (Å²) in [5, 5.41) is 17.4. The van der Waals surface area contributed by atoms with Crippen molar-refractivity contribution in [1.29, 1.82) is 0 Å². The molecule has 6 nitrogen and oxygen atoms in total. The van der Waals surface area contributed by atoms with Crippen molar-refractivity contribution in [2.45, 2.75) is 13.0 Å². The van der Waals surface area contributed by atoms with Crippen LogP contribution in [0.1, 0.15) is 6.92 Å². The van der Waals surface area contributed by atoms with E-state index in [9.17, 15) is 10.1 Å². The van der Waals surface area contributed by atoms with Crippen molar-refractivity contribution in [1.82, 2.24) is 9.78 Å². The Kier molecular flexibility index (Phi) is 2.85. The van der Waals surface area contributed by atoms with E-state index in [4.69, 9.17) is 0 Å². The third-order valence-electron chi connectivity index (χ3n) is 1.72. The predicted molar refractivity (Wildman–Crippen MR) is 53.1 cm³/mol. The minimum Gasteiger partial charge on any atom is -0.357 e. The highest BCUT2D eigenvalue weighted by Crippen LogP contribution is 2.21. The summed E-state index contributed by atoms with van der Waals surface area (Å²) in [6, 6.07) is -0.0522.